The summed E-state index contributed by atoms with van der Waals surface area (Å²) in [4.78, 5) is 39.8. The lowest BCUT2D eigenvalue weighted by molar-refractivity contribution is -0.153. The number of allylic oxidation sites excluding steroid dienone is 1. The predicted molar refractivity (Wildman–Crippen MR) is 130 cm³/mol. The van der Waals surface area contributed by atoms with Gasteiger partial charge in [0.15, 0.2) is 0 Å². The maximum Gasteiger partial charge on any atom is 0.355 e. The van der Waals surface area contributed by atoms with E-state index in [-0.39, 0.29) is 35.9 Å². The third-order valence-corrected chi connectivity index (χ3v) is 7.15. The van der Waals surface area contributed by atoms with Crippen LogP contribution in [0, 0.1) is 0 Å². The summed E-state index contributed by atoms with van der Waals surface area (Å²) in [6, 6.07) is 13.7. The van der Waals surface area contributed by atoms with Crippen molar-refractivity contribution in [1.29, 1.82) is 0 Å². The van der Waals surface area contributed by atoms with Crippen LogP contribution < -0.4 is 10.1 Å². The summed E-state index contributed by atoms with van der Waals surface area (Å²) in [6.45, 7) is 3.75. The van der Waals surface area contributed by atoms with Crippen LogP contribution in [-0.4, -0.2) is 47.0 Å². The molecule has 1 fully saturated rings. The van der Waals surface area contributed by atoms with Crippen LogP contribution in [0.4, 0.5) is 0 Å². The van der Waals surface area contributed by atoms with E-state index in [0.717, 1.165) is 5.56 Å². The summed E-state index contributed by atoms with van der Waals surface area (Å²) in [7, 11) is 1.52. The molecule has 1 N–H and O–H groups in total. The molecule has 9 heteroatoms. The highest BCUT2D eigenvalue weighted by Gasteiger charge is 2.54. The van der Waals surface area contributed by atoms with Gasteiger partial charge in [0.05, 0.1) is 18.6 Å². The Hall–Kier alpha value is -3.23. The minimum atomic E-state index is -0.698. The van der Waals surface area contributed by atoms with Crippen molar-refractivity contribution in [2.24, 2.45) is 0 Å². The van der Waals surface area contributed by atoms with E-state index in [2.05, 4.69) is 11.9 Å². The average Bonchev–Trinajstić information content (AvgIpc) is 2.85. The second-order valence-electron chi connectivity index (χ2n) is 7.74. The Kier molecular flexibility index (Phi) is 7.29. The molecular weight excluding hydrogens is 476 g/mol. The second-order valence-corrected chi connectivity index (χ2v) is 9.25. The van der Waals surface area contributed by atoms with Crippen molar-refractivity contribution in [3.05, 3.63) is 88.6 Å². The first-order valence-corrected chi connectivity index (χ1v) is 12.0. The number of benzene rings is 2. The Morgan fingerprint density at radius 3 is 2.68 bits per heavy atom. The standard InChI is InChI=1S/C25H23ClN2O5S/c1-3-17-14-34-24-21(27-20(29)12-15-7-5-4-6-8-15)23(30)28(24)22(17)25(31)33-13-16-9-10-19(32-2)18(26)11-16/h3-11,21,24H,1,12-14H2,2H3,(H,27,29). The topological polar surface area (TPSA) is 84.9 Å². The Morgan fingerprint density at radius 2 is 2.00 bits per heavy atom. The van der Waals surface area contributed by atoms with Crippen molar-refractivity contribution < 1.29 is 23.9 Å². The van der Waals surface area contributed by atoms with E-state index in [1.54, 1.807) is 24.3 Å². The summed E-state index contributed by atoms with van der Waals surface area (Å²) in [5.41, 5.74) is 2.32. The summed E-state index contributed by atoms with van der Waals surface area (Å²) < 4.78 is 10.6. The average molecular weight is 499 g/mol. The molecule has 0 saturated carbocycles. The first kappa shape index (κ1) is 23.9. The number of thioether (sulfide) groups is 1. The number of methoxy groups -OCH3 is 1. The molecule has 0 aliphatic carbocycles. The van der Waals surface area contributed by atoms with Gasteiger partial charge >= 0.3 is 5.97 Å². The van der Waals surface area contributed by atoms with Crippen molar-refractivity contribution in [3.8, 4) is 5.75 Å². The number of rotatable bonds is 8. The Balaban J connectivity index is 1.42. The van der Waals surface area contributed by atoms with Crippen LogP contribution in [0.15, 0.2) is 72.5 Å². The third-order valence-electron chi connectivity index (χ3n) is 5.55. The van der Waals surface area contributed by atoms with E-state index in [9.17, 15) is 14.4 Å². The van der Waals surface area contributed by atoms with Gasteiger partial charge in [0, 0.05) is 5.75 Å². The number of amides is 2. The molecule has 7 nitrogen and oxygen atoms in total. The summed E-state index contributed by atoms with van der Waals surface area (Å²) in [6.07, 6.45) is 1.73. The van der Waals surface area contributed by atoms with Gasteiger partial charge in [-0.1, -0.05) is 60.7 Å². The molecule has 1 saturated heterocycles. The zero-order valence-corrected chi connectivity index (χ0v) is 20.0. The highest BCUT2D eigenvalue weighted by molar-refractivity contribution is 8.00. The molecule has 2 aliphatic heterocycles. The number of nitrogens with zero attached hydrogens (tertiary/aromatic N) is 1. The molecule has 2 amide bonds. The lowest BCUT2D eigenvalue weighted by Crippen LogP contribution is -2.70. The van der Waals surface area contributed by atoms with E-state index < -0.39 is 12.0 Å². The van der Waals surface area contributed by atoms with Crippen LogP contribution in [0.5, 0.6) is 5.75 Å². The van der Waals surface area contributed by atoms with Crippen LogP contribution in [0.1, 0.15) is 11.1 Å². The molecule has 2 heterocycles. The smallest absolute Gasteiger partial charge is 0.355 e. The van der Waals surface area contributed by atoms with Crippen LogP contribution in [-0.2, 0) is 32.1 Å². The van der Waals surface area contributed by atoms with E-state index in [0.29, 0.717) is 27.7 Å². The van der Waals surface area contributed by atoms with E-state index >= 15 is 0 Å². The molecule has 2 unspecified atom stereocenters. The van der Waals surface area contributed by atoms with Crippen molar-refractivity contribution in [1.82, 2.24) is 10.2 Å². The number of hydrogen-bond acceptors (Lipinski definition) is 6. The summed E-state index contributed by atoms with van der Waals surface area (Å²) in [5.74, 6) is -0.232. The van der Waals surface area contributed by atoms with Crippen molar-refractivity contribution in [2.75, 3.05) is 12.9 Å². The molecule has 2 aromatic carbocycles. The molecule has 2 aromatic rings. The highest BCUT2D eigenvalue weighted by Crippen LogP contribution is 2.41. The van der Waals surface area contributed by atoms with Crippen molar-refractivity contribution in [3.63, 3.8) is 0 Å². The number of carbonyl (C=O) groups is 3. The summed E-state index contributed by atoms with van der Waals surface area (Å²) >= 11 is 7.61. The molecular formula is C25H23ClN2O5S. The Labute approximate surface area is 206 Å². The molecule has 4 rings (SSSR count). The van der Waals surface area contributed by atoms with Gasteiger partial charge < -0.3 is 14.8 Å². The van der Waals surface area contributed by atoms with Crippen molar-refractivity contribution >= 4 is 41.1 Å². The quantitative estimate of drug-likeness (QED) is 0.443. The number of ether oxygens (including phenoxy) is 2. The minimum absolute atomic E-state index is 0.0203. The van der Waals surface area contributed by atoms with Crippen LogP contribution in [0.3, 0.4) is 0 Å². The molecule has 2 atom stereocenters. The number of esters is 1. The molecule has 0 aromatic heterocycles. The van der Waals surface area contributed by atoms with Gasteiger partial charge in [0.25, 0.3) is 5.91 Å². The monoisotopic (exact) mass is 498 g/mol. The largest absolute Gasteiger partial charge is 0.495 e. The number of β-lactam (4-membered cyclic amide) rings is 1. The van der Waals surface area contributed by atoms with Gasteiger partial charge in [-0.25, -0.2) is 4.79 Å². The number of halogens is 1. The highest BCUT2D eigenvalue weighted by atomic mass is 35.5. The molecule has 34 heavy (non-hydrogen) atoms. The fourth-order valence-corrected chi connectivity index (χ4v) is 5.43. The van der Waals surface area contributed by atoms with E-state index in [1.807, 2.05) is 30.3 Å². The predicted octanol–water partition coefficient (Wildman–Crippen LogP) is 3.47. The molecule has 0 bridgehead atoms. The fraction of sp³-hybridized carbons (Fsp3) is 0.240. The Bertz CT molecular complexity index is 1170. The van der Waals surface area contributed by atoms with Gasteiger partial charge in [-0.2, -0.15) is 0 Å². The fourth-order valence-electron chi connectivity index (χ4n) is 3.81. The van der Waals surface area contributed by atoms with Gasteiger partial charge in [-0.15, -0.1) is 11.8 Å². The SMILES string of the molecule is C=CC1=C(C(=O)OCc2ccc(OC)c(Cl)c2)N2C(=O)C(NC(=O)Cc3ccccc3)C2SC1. The van der Waals surface area contributed by atoms with Crippen LogP contribution >= 0.6 is 23.4 Å². The zero-order valence-electron chi connectivity index (χ0n) is 18.5. The first-order valence-electron chi connectivity index (χ1n) is 10.6. The van der Waals surface area contributed by atoms with Crippen LogP contribution in [0.2, 0.25) is 5.02 Å². The summed E-state index contributed by atoms with van der Waals surface area (Å²) in [5, 5.41) is 2.83. The van der Waals surface area contributed by atoms with Gasteiger partial charge in [0.1, 0.15) is 29.5 Å². The molecule has 0 radical (unpaired) electrons. The number of nitrogens with one attached hydrogen (secondary N) is 1. The molecule has 0 spiro atoms. The lowest BCUT2D eigenvalue weighted by atomic mass is 10.0. The Morgan fingerprint density at radius 1 is 1.24 bits per heavy atom. The van der Waals surface area contributed by atoms with Gasteiger partial charge in [-0.05, 0) is 28.8 Å². The third kappa shape index (κ3) is 4.83. The van der Waals surface area contributed by atoms with E-state index in [4.69, 9.17) is 21.1 Å². The number of hydrogen-bond donors (Lipinski definition) is 1. The maximum atomic E-state index is 13.0. The van der Waals surface area contributed by atoms with Crippen LogP contribution in [0.25, 0.3) is 0 Å². The minimum Gasteiger partial charge on any atom is -0.495 e. The van der Waals surface area contributed by atoms with Crippen molar-refractivity contribution in [2.45, 2.75) is 24.4 Å². The zero-order chi connectivity index (χ0) is 24.2. The lowest BCUT2D eigenvalue weighted by Gasteiger charge is -2.49. The normalized spacial score (nSPS) is 19.1. The molecule has 176 valence electrons. The van der Waals surface area contributed by atoms with Gasteiger partial charge in [0.2, 0.25) is 5.91 Å². The van der Waals surface area contributed by atoms with E-state index in [1.165, 1.54) is 23.8 Å². The molecule has 2 aliphatic rings. The number of fused-ring (bicyclic) bond motifs is 1. The second kappa shape index (κ2) is 10.4. The van der Waals surface area contributed by atoms with Gasteiger partial charge in [-0.3, -0.25) is 14.5 Å². The number of carbonyl (C=O) groups excluding carboxylic acids is 3. The maximum absolute atomic E-state index is 13.0. The first-order chi connectivity index (χ1) is 16.4.